The van der Waals surface area contributed by atoms with Gasteiger partial charge in [0, 0.05) is 14.1 Å². The Balaban J connectivity index is 2.72. The Morgan fingerprint density at radius 3 is 2.56 bits per heavy atom. The van der Waals surface area contributed by atoms with Gasteiger partial charge in [0.15, 0.2) is 5.69 Å². The first-order chi connectivity index (χ1) is 8.41. The summed E-state index contributed by atoms with van der Waals surface area (Å²) in [6.45, 7) is 4.00. The van der Waals surface area contributed by atoms with Gasteiger partial charge in [0.2, 0.25) is 5.91 Å². The lowest BCUT2D eigenvalue weighted by atomic mass is 10.0. The van der Waals surface area contributed by atoms with Gasteiger partial charge in [0.05, 0.1) is 6.20 Å². The van der Waals surface area contributed by atoms with Gasteiger partial charge in [-0.05, 0) is 12.3 Å². The van der Waals surface area contributed by atoms with E-state index >= 15 is 0 Å². The van der Waals surface area contributed by atoms with Crippen molar-refractivity contribution >= 4 is 11.8 Å². The van der Waals surface area contributed by atoms with E-state index in [4.69, 9.17) is 0 Å². The van der Waals surface area contributed by atoms with Gasteiger partial charge in [-0.3, -0.25) is 9.59 Å². The van der Waals surface area contributed by atoms with E-state index < -0.39 is 11.9 Å². The number of H-pyrrole nitrogens is 1. The molecule has 0 saturated heterocycles. The summed E-state index contributed by atoms with van der Waals surface area (Å²) in [5.41, 5.74) is 0.176. The smallest absolute Gasteiger partial charge is 0.274 e. The van der Waals surface area contributed by atoms with E-state index in [-0.39, 0.29) is 11.6 Å². The van der Waals surface area contributed by atoms with Crippen molar-refractivity contribution in [3.8, 4) is 0 Å². The summed E-state index contributed by atoms with van der Waals surface area (Å²) in [6.07, 6.45) is 1.91. The Labute approximate surface area is 106 Å². The molecule has 18 heavy (non-hydrogen) atoms. The lowest BCUT2D eigenvalue weighted by Crippen LogP contribution is -2.47. The number of likely N-dealkylation sites (N-methyl/N-ethyl adjacent to an activating group) is 1. The highest BCUT2D eigenvalue weighted by atomic mass is 16.2. The molecule has 2 N–H and O–H groups in total. The molecule has 0 spiro atoms. The lowest BCUT2D eigenvalue weighted by Gasteiger charge is -2.22. The van der Waals surface area contributed by atoms with Crippen LogP contribution < -0.4 is 5.32 Å². The van der Waals surface area contributed by atoms with Crippen molar-refractivity contribution in [3.63, 3.8) is 0 Å². The van der Waals surface area contributed by atoms with Crippen molar-refractivity contribution in [2.75, 3.05) is 14.1 Å². The molecule has 0 radical (unpaired) electrons. The van der Waals surface area contributed by atoms with Crippen LogP contribution in [0.2, 0.25) is 0 Å². The zero-order chi connectivity index (χ0) is 13.7. The maximum atomic E-state index is 12.0. The monoisotopic (exact) mass is 253 g/mol. The minimum absolute atomic E-state index is 0.124. The van der Waals surface area contributed by atoms with Crippen LogP contribution in [0.15, 0.2) is 6.20 Å². The predicted octanol–water partition coefficient (Wildman–Crippen LogP) is 0.0374. The van der Waals surface area contributed by atoms with Crippen molar-refractivity contribution < 1.29 is 9.59 Å². The van der Waals surface area contributed by atoms with E-state index in [0.29, 0.717) is 12.3 Å². The second kappa shape index (κ2) is 6.13. The molecule has 0 aliphatic heterocycles. The maximum absolute atomic E-state index is 12.0. The molecule has 0 aromatic carbocycles. The second-order valence-corrected chi connectivity index (χ2v) is 4.74. The Hall–Kier alpha value is -1.92. The third-order valence-corrected chi connectivity index (χ3v) is 2.40. The molecule has 1 rings (SSSR count). The van der Waals surface area contributed by atoms with Gasteiger partial charge < -0.3 is 10.2 Å². The van der Waals surface area contributed by atoms with Crippen LogP contribution >= 0.6 is 0 Å². The van der Waals surface area contributed by atoms with Crippen LogP contribution in [0.5, 0.6) is 0 Å². The zero-order valence-electron chi connectivity index (χ0n) is 11.1. The highest BCUT2D eigenvalue weighted by Crippen LogP contribution is 2.07. The number of hydrogen-bond donors (Lipinski definition) is 2. The van der Waals surface area contributed by atoms with Crippen molar-refractivity contribution in [2.24, 2.45) is 5.92 Å². The number of amides is 2. The van der Waals surface area contributed by atoms with E-state index in [1.54, 1.807) is 14.1 Å². The third kappa shape index (κ3) is 3.83. The summed E-state index contributed by atoms with van der Waals surface area (Å²) >= 11 is 0. The molecule has 2 amide bonds. The summed E-state index contributed by atoms with van der Waals surface area (Å²) in [5, 5.41) is 12.3. The second-order valence-electron chi connectivity index (χ2n) is 4.74. The first kappa shape index (κ1) is 14.1. The number of nitrogens with zero attached hydrogens (tertiary/aromatic N) is 3. The van der Waals surface area contributed by atoms with Gasteiger partial charge >= 0.3 is 0 Å². The van der Waals surface area contributed by atoms with Crippen LogP contribution in [0.3, 0.4) is 0 Å². The maximum Gasteiger partial charge on any atom is 0.274 e. The molecule has 100 valence electrons. The number of carbonyl (C=O) groups excluding carboxylic acids is 2. The molecule has 1 heterocycles. The molecule has 1 aromatic heterocycles. The highest BCUT2D eigenvalue weighted by molar-refractivity contribution is 5.95. The van der Waals surface area contributed by atoms with Crippen molar-refractivity contribution in [3.05, 3.63) is 11.9 Å². The van der Waals surface area contributed by atoms with Crippen LogP contribution in [0.4, 0.5) is 0 Å². The first-order valence-corrected chi connectivity index (χ1v) is 5.79. The van der Waals surface area contributed by atoms with E-state index in [2.05, 4.69) is 20.7 Å². The highest BCUT2D eigenvalue weighted by Gasteiger charge is 2.24. The SMILES string of the molecule is CC(C)CC(NC(=O)c1cn[nH]n1)C(=O)N(C)C. The molecule has 1 unspecified atom stereocenters. The number of aromatic nitrogens is 3. The van der Waals surface area contributed by atoms with Crippen molar-refractivity contribution in [1.82, 2.24) is 25.6 Å². The van der Waals surface area contributed by atoms with Crippen molar-refractivity contribution in [2.45, 2.75) is 26.3 Å². The fourth-order valence-electron chi connectivity index (χ4n) is 1.55. The summed E-state index contributed by atoms with van der Waals surface area (Å²) in [6, 6.07) is -0.538. The minimum atomic E-state index is -0.538. The molecular weight excluding hydrogens is 234 g/mol. The summed E-state index contributed by atoms with van der Waals surface area (Å²) < 4.78 is 0. The fourth-order valence-corrected chi connectivity index (χ4v) is 1.55. The average molecular weight is 253 g/mol. The van der Waals surface area contributed by atoms with Gasteiger partial charge in [-0.1, -0.05) is 13.8 Å². The third-order valence-electron chi connectivity index (χ3n) is 2.40. The topological polar surface area (TPSA) is 91.0 Å². The molecule has 0 fully saturated rings. The number of nitrogens with one attached hydrogen (secondary N) is 2. The van der Waals surface area contributed by atoms with Gasteiger partial charge in [-0.2, -0.15) is 15.4 Å². The quantitative estimate of drug-likeness (QED) is 0.775. The van der Waals surface area contributed by atoms with Crippen LogP contribution in [-0.4, -0.2) is 52.3 Å². The summed E-state index contributed by atoms with van der Waals surface area (Å²) in [7, 11) is 3.33. The van der Waals surface area contributed by atoms with E-state index in [1.165, 1.54) is 11.1 Å². The van der Waals surface area contributed by atoms with Crippen LogP contribution in [0, 0.1) is 5.92 Å². The molecular formula is C11H19N5O2. The molecule has 7 nitrogen and oxygen atoms in total. The minimum Gasteiger partial charge on any atom is -0.347 e. The number of hydrogen-bond acceptors (Lipinski definition) is 4. The summed E-state index contributed by atoms with van der Waals surface area (Å²) in [4.78, 5) is 25.2. The van der Waals surface area contributed by atoms with Gasteiger partial charge in [0.1, 0.15) is 6.04 Å². The molecule has 0 aliphatic rings. The number of rotatable bonds is 5. The van der Waals surface area contributed by atoms with Crippen molar-refractivity contribution in [1.29, 1.82) is 0 Å². The zero-order valence-corrected chi connectivity index (χ0v) is 11.1. The predicted molar refractivity (Wildman–Crippen MR) is 65.8 cm³/mol. The average Bonchev–Trinajstić information content (AvgIpc) is 2.79. The Bertz CT molecular complexity index is 400. The van der Waals surface area contributed by atoms with Gasteiger partial charge in [-0.25, -0.2) is 0 Å². The van der Waals surface area contributed by atoms with Crippen LogP contribution in [0.1, 0.15) is 30.8 Å². The number of carbonyl (C=O) groups is 2. The standard InChI is InChI=1S/C11H19N5O2/c1-7(2)5-8(11(18)16(3)4)13-10(17)9-6-12-15-14-9/h6-8H,5H2,1-4H3,(H,13,17)(H,12,14,15). The van der Waals surface area contributed by atoms with E-state index in [9.17, 15) is 9.59 Å². The molecule has 0 bridgehead atoms. The summed E-state index contributed by atoms with van der Waals surface area (Å²) in [5.74, 6) is -0.221. The largest absolute Gasteiger partial charge is 0.347 e. The number of aromatic amines is 1. The Morgan fingerprint density at radius 1 is 1.44 bits per heavy atom. The van der Waals surface area contributed by atoms with Gasteiger partial charge in [0.25, 0.3) is 5.91 Å². The normalized spacial score (nSPS) is 12.3. The lowest BCUT2D eigenvalue weighted by molar-refractivity contribution is -0.131. The fraction of sp³-hybridized carbons (Fsp3) is 0.636. The molecule has 7 heteroatoms. The first-order valence-electron chi connectivity index (χ1n) is 5.79. The van der Waals surface area contributed by atoms with Gasteiger partial charge in [-0.15, -0.1) is 0 Å². The Kier molecular flexibility index (Phi) is 4.82. The molecule has 0 aliphatic carbocycles. The van der Waals surface area contributed by atoms with Crippen LogP contribution in [0.25, 0.3) is 0 Å². The van der Waals surface area contributed by atoms with E-state index in [1.807, 2.05) is 13.8 Å². The molecule has 1 atom stereocenters. The molecule has 0 saturated carbocycles. The molecule has 1 aromatic rings. The van der Waals surface area contributed by atoms with Crippen LogP contribution in [-0.2, 0) is 4.79 Å². The van der Waals surface area contributed by atoms with E-state index in [0.717, 1.165) is 0 Å². The Morgan fingerprint density at radius 2 is 2.11 bits per heavy atom.